The molecule has 1 atom stereocenters. The lowest BCUT2D eigenvalue weighted by Gasteiger charge is -2.34. The molecule has 2 amide bonds. The van der Waals surface area contributed by atoms with Crippen LogP contribution < -0.4 is 5.32 Å². The highest BCUT2D eigenvalue weighted by molar-refractivity contribution is 5.73. The van der Waals surface area contributed by atoms with Gasteiger partial charge in [-0.2, -0.15) is 0 Å². The number of likely N-dealkylation sites (N-methyl/N-ethyl adjacent to an activating group) is 1. The first-order valence-electron chi connectivity index (χ1n) is 8.28. The zero-order chi connectivity index (χ0) is 17.0. The standard InChI is InChI=1S/C18H29N3O2/c1-14(11-19-17(22)20(4)13-18(2,3)23)21-10-9-15-7-5-6-8-16(15)12-21/h5-8,14,23H,9-13H2,1-4H3,(H,19,22). The molecule has 1 aliphatic rings. The largest absolute Gasteiger partial charge is 0.389 e. The smallest absolute Gasteiger partial charge is 0.317 e. The van der Waals surface area contributed by atoms with Gasteiger partial charge in [-0.05, 0) is 38.3 Å². The van der Waals surface area contributed by atoms with Gasteiger partial charge in [0, 0.05) is 32.7 Å². The second-order valence-electron chi connectivity index (χ2n) is 7.19. The first-order valence-corrected chi connectivity index (χ1v) is 8.28. The summed E-state index contributed by atoms with van der Waals surface area (Å²) in [5, 5.41) is 12.7. The van der Waals surface area contributed by atoms with Crippen LogP contribution in [0.15, 0.2) is 24.3 Å². The first kappa shape index (κ1) is 17.8. The van der Waals surface area contributed by atoms with E-state index in [1.54, 1.807) is 20.9 Å². The van der Waals surface area contributed by atoms with Crippen LogP contribution in [0.25, 0.3) is 0 Å². The average molecular weight is 319 g/mol. The Labute approximate surface area is 139 Å². The van der Waals surface area contributed by atoms with Crippen LogP contribution in [0.3, 0.4) is 0 Å². The zero-order valence-electron chi connectivity index (χ0n) is 14.7. The lowest BCUT2D eigenvalue weighted by atomic mass is 9.99. The van der Waals surface area contributed by atoms with Gasteiger partial charge >= 0.3 is 6.03 Å². The van der Waals surface area contributed by atoms with Gasteiger partial charge in [-0.1, -0.05) is 24.3 Å². The quantitative estimate of drug-likeness (QED) is 0.871. The molecule has 5 heteroatoms. The monoisotopic (exact) mass is 319 g/mol. The molecule has 1 heterocycles. The van der Waals surface area contributed by atoms with Gasteiger partial charge < -0.3 is 15.3 Å². The highest BCUT2D eigenvalue weighted by Gasteiger charge is 2.22. The SMILES string of the molecule is CC(CNC(=O)N(C)CC(C)(C)O)N1CCc2ccccc2C1. The Morgan fingerprint density at radius 1 is 1.39 bits per heavy atom. The van der Waals surface area contributed by atoms with Gasteiger partial charge in [0.25, 0.3) is 0 Å². The molecule has 0 saturated carbocycles. The van der Waals surface area contributed by atoms with E-state index in [9.17, 15) is 9.90 Å². The van der Waals surface area contributed by atoms with Crippen LogP contribution in [0.1, 0.15) is 31.9 Å². The van der Waals surface area contributed by atoms with Gasteiger partial charge in [-0.25, -0.2) is 4.79 Å². The minimum Gasteiger partial charge on any atom is -0.389 e. The number of rotatable bonds is 5. The number of carbonyl (C=O) groups is 1. The molecule has 0 radical (unpaired) electrons. The molecule has 0 aliphatic carbocycles. The molecule has 2 N–H and O–H groups in total. The molecule has 0 aromatic heterocycles. The van der Waals surface area contributed by atoms with Gasteiger partial charge in [-0.3, -0.25) is 4.90 Å². The molecule has 5 nitrogen and oxygen atoms in total. The molecule has 1 unspecified atom stereocenters. The molecular weight excluding hydrogens is 290 g/mol. The molecule has 1 aliphatic heterocycles. The summed E-state index contributed by atoms with van der Waals surface area (Å²) in [5.41, 5.74) is 1.94. The summed E-state index contributed by atoms with van der Waals surface area (Å²) in [6, 6.07) is 8.70. The Hall–Kier alpha value is -1.59. The van der Waals surface area contributed by atoms with Gasteiger partial charge in [0.2, 0.25) is 0 Å². The molecule has 23 heavy (non-hydrogen) atoms. The van der Waals surface area contributed by atoms with Gasteiger partial charge in [0.05, 0.1) is 12.1 Å². The Bertz CT molecular complexity index is 539. The van der Waals surface area contributed by atoms with Crippen molar-refractivity contribution in [3.05, 3.63) is 35.4 Å². The maximum atomic E-state index is 12.1. The molecule has 0 saturated heterocycles. The Balaban J connectivity index is 1.81. The Kier molecular flexibility index (Phi) is 5.65. The molecule has 128 valence electrons. The summed E-state index contributed by atoms with van der Waals surface area (Å²) in [4.78, 5) is 16.0. The number of nitrogens with one attached hydrogen (secondary N) is 1. The highest BCUT2D eigenvalue weighted by atomic mass is 16.3. The molecule has 2 rings (SSSR count). The summed E-state index contributed by atoms with van der Waals surface area (Å²) in [6.07, 6.45) is 1.06. The molecule has 1 aromatic rings. The van der Waals surface area contributed by atoms with Gasteiger partial charge in [-0.15, -0.1) is 0 Å². The van der Waals surface area contributed by atoms with Crippen molar-refractivity contribution in [2.45, 2.75) is 45.4 Å². The number of nitrogens with zero attached hydrogens (tertiary/aromatic N) is 2. The van der Waals surface area contributed by atoms with E-state index in [-0.39, 0.29) is 12.1 Å². The highest BCUT2D eigenvalue weighted by Crippen LogP contribution is 2.19. The topological polar surface area (TPSA) is 55.8 Å². The third-order valence-corrected chi connectivity index (χ3v) is 4.30. The predicted molar refractivity (Wildman–Crippen MR) is 92.3 cm³/mol. The summed E-state index contributed by atoms with van der Waals surface area (Å²) in [7, 11) is 1.70. The van der Waals surface area contributed by atoms with Crippen molar-refractivity contribution in [1.82, 2.24) is 15.1 Å². The summed E-state index contributed by atoms with van der Waals surface area (Å²) in [5.74, 6) is 0. The van der Waals surface area contributed by atoms with E-state index in [1.807, 2.05) is 0 Å². The summed E-state index contributed by atoms with van der Waals surface area (Å²) in [6.45, 7) is 8.42. The second-order valence-corrected chi connectivity index (χ2v) is 7.19. The minimum absolute atomic E-state index is 0.142. The van der Waals surface area contributed by atoms with Crippen molar-refractivity contribution in [2.75, 3.05) is 26.7 Å². The van der Waals surface area contributed by atoms with E-state index in [1.165, 1.54) is 16.0 Å². The molecule has 0 bridgehead atoms. The van der Waals surface area contributed by atoms with Gasteiger partial charge in [0.1, 0.15) is 0 Å². The van der Waals surface area contributed by atoms with Crippen molar-refractivity contribution in [2.24, 2.45) is 0 Å². The number of urea groups is 1. The summed E-state index contributed by atoms with van der Waals surface area (Å²) >= 11 is 0. The number of hydrogen-bond acceptors (Lipinski definition) is 3. The normalized spacial score (nSPS) is 16.6. The van der Waals surface area contributed by atoms with Gasteiger partial charge in [0.15, 0.2) is 0 Å². The van der Waals surface area contributed by atoms with Crippen LogP contribution in [0.4, 0.5) is 4.79 Å². The Morgan fingerprint density at radius 2 is 2.04 bits per heavy atom. The molecule has 0 fully saturated rings. The molecule has 0 spiro atoms. The number of benzene rings is 1. The maximum absolute atomic E-state index is 12.1. The number of carbonyl (C=O) groups excluding carboxylic acids is 1. The van der Waals surface area contributed by atoms with E-state index in [4.69, 9.17) is 0 Å². The van der Waals surface area contributed by atoms with Crippen LogP contribution in [0, 0.1) is 0 Å². The fraction of sp³-hybridized carbons (Fsp3) is 0.611. The van der Waals surface area contributed by atoms with Crippen molar-refractivity contribution in [3.63, 3.8) is 0 Å². The van der Waals surface area contributed by atoms with Crippen LogP contribution >= 0.6 is 0 Å². The fourth-order valence-corrected chi connectivity index (χ4v) is 3.05. The first-order chi connectivity index (χ1) is 10.8. The van der Waals surface area contributed by atoms with E-state index < -0.39 is 5.60 Å². The van der Waals surface area contributed by atoms with E-state index in [0.717, 1.165) is 19.5 Å². The second kappa shape index (κ2) is 7.32. The fourth-order valence-electron chi connectivity index (χ4n) is 3.05. The lowest BCUT2D eigenvalue weighted by Crippen LogP contribution is -2.49. The predicted octanol–water partition coefficient (Wildman–Crippen LogP) is 1.85. The van der Waals surface area contributed by atoms with Crippen molar-refractivity contribution in [1.29, 1.82) is 0 Å². The van der Waals surface area contributed by atoms with Crippen LogP contribution in [0.2, 0.25) is 0 Å². The third-order valence-electron chi connectivity index (χ3n) is 4.30. The van der Waals surface area contributed by atoms with E-state index in [2.05, 4.69) is 41.4 Å². The van der Waals surface area contributed by atoms with Crippen molar-refractivity contribution >= 4 is 6.03 Å². The van der Waals surface area contributed by atoms with E-state index >= 15 is 0 Å². The molecular formula is C18H29N3O2. The molecule has 1 aromatic carbocycles. The minimum atomic E-state index is -0.881. The van der Waals surface area contributed by atoms with Crippen LogP contribution in [0.5, 0.6) is 0 Å². The number of fused-ring (bicyclic) bond motifs is 1. The third kappa shape index (κ3) is 5.22. The summed E-state index contributed by atoms with van der Waals surface area (Å²) < 4.78 is 0. The number of aliphatic hydroxyl groups is 1. The maximum Gasteiger partial charge on any atom is 0.317 e. The Morgan fingerprint density at radius 3 is 2.70 bits per heavy atom. The van der Waals surface area contributed by atoms with E-state index in [0.29, 0.717) is 13.1 Å². The van der Waals surface area contributed by atoms with Crippen molar-refractivity contribution in [3.8, 4) is 0 Å². The van der Waals surface area contributed by atoms with Crippen molar-refractivity contribution < 1.29 is 9.90 Å². The average Bonchev–Trinajstić information content (AvgIpc) is 2.50. The van der Waals surface area contributed by atoms with Crippen LogP contribution in [-0.2, 0) is 13.0 Å². The number of hydrogen-bond donors (Lipinski definition) is 2. The van der Waals surface area contributed by atoms with Crippen LogP contribution in [-0.4, -0.2) is 59.3 Å². The lowest BCUT2D eigenvalue weighted by molar-refractivity contribution is 0.0528. The number of amides is 2. The zero-order valence-corrected chi connectivity index (χ0v) is 14.7.